The van der Waals surface area contributed by atoms with Gasteiger partial charge in [-0.3, -0.25) is 0 Å². The largest absolute Gasteiger partial charge is 0.478 e. The predicted molar refractivity (Wildman–Crippen MR) is 79.2 cm³/mol. The van der Waals surface area contributed by atoms with Gasteiger partial charge < -0.3 is 15.7 Å². The molecule has 1 aromatic carbocycles. The molecule has 2 aromatic rings. The lowest BCUT2D eigenvalue weighted by Crippen LogP contribution is -2.19. The second-order valence-electron chi connectivity index (χ2n) is 4.43. The molecular formula is C14H14ClN3O2. The molecule has 0 amide bonds. The van der Waals surface area contributed by atoms with Crippen LogP contribution >= 0.6 is 11.6 Å². The van der Waals surface area contributed by atoms with Gasteiger partial charge in [-0.1, -0.05) is 23.7 Å². The number of aromatic nitrogens is 1. The Hall–Kier alpha value is -2.27. The van der Waals surface area contributed by atoms with Crippen molar-refractivity contribution in [2.75, 3.05) is 17.7 Å². The van der Waals surface area contributed by atoms with E-state index in [2.05, 4.69) is 4.98 Å². The number of carboxylic acid groups (broad SMARTS) is 1. The molecule has 0 bridgehead atoms. The van der Waals surface area contributed by atoms with Crippen LogP contribution in [0.25, 0.3) is 0 Å². The highest BCUT2D eigenvalue weighted by Gasteiger charge is 2.11. The third-order valence-corrected chi connectivity index (χ3v) is 3.05. The molecule has 0 unspecified atom stereocenters. The Morgan fingerprint density at radius 1 is 1.45 bits per heavy atom. The Morgan fingerprint density at radius 3 is 2.80 bits per heavy atom. The first-order valence-electron chi connectivity index (χ1n) is 5.92. The van der Waals surface area contributed by atoms with E-state index in [1.165, 1.54) is 12.3 Å². The summed E-state index contributed by atoms with van der Waals surface area (Å²) in [5, 5.41) is 9.55. The van der Waals surface area contributed by atoms with E-state index in [-0.39, 0.29) is 5.56 Å². The minimum atomic E-state index is -1.05. The van der Waals surface area contributed by atoms with E-state index in [9.17, 15) is 4.79 Å². The van der Waals surface area contributed by atoms with Crippen molar-refractivity contribution in [2.24, 2.45) is 0 Å². The third-order valence-electron chi connectivity index (χ3n) is 2.81. The van der Waals surface area contributed by atoms with E-state index in [0.717, 1.165) is 5.56 Å². The van der Waals surface area contributed by atoms with Gasteiger partial charge in [0.05, 0.1) is 11.3 Å². The number of halogens is 1. The average Bonchev–Trinajstić information content (AvgIpc) is 2.38. The highest BCUT2D eigenvalue weighted by atomic mass is 35.5. The lowest BCUT2D eigenvalue weighted by Gasteiger charge is -2.20. The topological polar surface area (TPSA) is 79.5 Å². The van der Waals surface area contributed by atoms with E-state index in [1.54, 1.807) is 6.07 Å². The molecule has 0 fully saturated rings. The zero-order valence-electron chi connectivity index (χ0n) is 10.9. The quantitative estimate of drug-likeness (QED) is 0.905. The maximum absolute atomic E-state index is 10.8. The maximum atomic E-state index is 10.8. The molecule has 0 spiro atoms. The van der Waals surface area contributed by atoms with Crippen LogP contribution in [0.5, 0.6) is 0 Å². The monoisotopic (exact) mass is 291 g/mol. The van der Waals surface area contributed by atoms with Crippen molar-refractivity contribution < 1.29 is 9.90 Å². The summed E-state index contributed by atoms with van der Waals surface area (Å²) in [5.74, 6) is -0.511. The summed E-state index contributed by atoms with van der Waals surface area (Å²) in [6.07, 6.45) is 1.29. The number of nitrogens with two attached hydrogens (primary N) is 1. The summed E-state index contributed by atoms with van der Waals surface area (Å²) in [6, 6.07) is 8.89. The van der Waals surface area contributed by atoms with Gasteiger partial charge in [0.1, 0.15) is 0 Å². The standard InChI is InChI=1S/C14H14ClN3O2/c1-18(8-9-3-2-4-11(15)5-9)13-12(16)6-10(7-17-13)14(19)20/h2-7H,8,16H2,1H3,(H,19,20). The van der Waals surface area contributed by atoms with Gasteiger partial charge in [0.25, 0.3) is 0 Å². The van der Waals surface area contributed by atoms with Crippen LogP contribution in [-0.2, 0) is 6.54 Å². The normalized spacial score (nSPS) is 10.3. The van der Waals surface area contributed by atoms with Crippen LogP contribution in [0, 0.1) is 0 Å². The van der Waals surface area contributed by atoms with Crippen LogP contribution in [-0.4, -0.2) is 23.1 Å². The molecule has 0 saturated heterocycles. The summed E-state index contributed by atoms with van der Waals surface area (Å²) in [4.78, 5) is 16.8. The number of nitrogen functional groups attached to an aromatic ring is 1. The van der Waals surface area contributed by atoms with Gasteiger partial charge in [0.2, 0.25) is 0 Å². The summed E-state index contributed by atoms with van der Waals surface area (Å²) in [6.45, 7) is 0.574. The zero-order valence-corrected chi connectivity index (χ0v) is 11.6. The number of benzene rings is 1. The van der Waals surface area contributed by atoms with Gasteiger partial charge in [0, 0.05) is 24.8 Å². The molecule has 6 heteroatoms. The first kappa shape index (κ1) is 14.1. The molecule has 3 N–H and O–H groups in total. The number of pyridine rings is 1. The number of carbonyl (C=O) groups is 1. The molecular weight excluding hydrogens is 278 g/mol. The number of carboxylic acids is 1. The van der Waals surface area contributed by atoms with Crippen molar-refractivity contribution in [3.8, 4) is 0 Å². The first-order chi connectivity index (χ1) is 9.47. The second kappa shape index (κ2) is 5.79. The van der Waals surface area contributed by atoms with E-state index < -0.39 is 5.97 Å². The Bertz CT molecular complexity index is 646. The molecule has 0 aliphatic rings. The number of rotatable bonds is 4. The van der Waals surface area contributed by atoms with Crippen LogP contribution in [0.3, 0.4) is 0 Å². The molecule has 0 saturated carbocycles. The van der Waals surface area contributed by atoms with Crippen LogP contribution in [0.2, 0.25) is 5.02 Å². The summed E-state index contributed by atoms with van der Waals surface area (Å²) in [7, 11) is 1.83. The van der Waals surface area contributed by atoms with Crippen molar-refractivity contribution in [3.63, 3.8) is 0 Å². The Balaban J connectivity index is 2.21. The van der Waals surface area contributed by atoms with Gasteiger partial charge in [-0.15, -0.1) is 0 Å². The van der Waals surface area contributed by atoms with Crippen molar-refractivity contribution in [3.05, 3.63) is 52.7 Å². The Kier molecular flexibility index (Phi) is 4.10. The molecule has 0 atom stereocenters. The molecule has 1 heterocycles. The SMILES string of the molecule is CN(Cc1cccc(Cl)c1)c1ncc(C(=O)O)cc1N. The average molecular weight is 292 g/mol. The highest BCUT2D eigenvalue weighted by molar-refractivity contribution is 6.30. The number of aromatic carboxylic acids is 1. The smallest absolute Gasteiger partial charge is 0.337 e. The van der Waals surface area contributed by atoms with E-state index in [1.807, 2.05) is 30.1 Å². The van der Waals surface area contributed by atoms with Crippen molar-refractivity contribution >= 4 is 29.1 Å². The summed E-state index contributed by atoms with van der Waals surface area (Å²) in [5.41, 5.74) is 7.27. The van der Waals surface area contributed by atoms with Crippen LogP contribution < -0.4 is 10.6 Å². The third kappa shape index (κ3) is 3.19. The molecule has 20 heavy (non-hydrogen) atoms. The second-order valence-corrected chi connectivity index (χ2v) is 4.86. The maximum Gasteiger partial charge on any atom is 0.337 e. The van der Waals surface area contributed by atoms with Crippen molar-refractivity contribution in [2.45, 2.75) is 6.54 Å². The van der Waals surface area contributed by atoms with E-state index in [4.69, 9.17) is 22.4 Å². The van der Waals surface area contributed by atoms with Crippen LogP contribution in [0.4, 0.5) is 11.5 Å². The van der Waals surface area contributed by atoms with Gasteiger partial charge in [0.15, 0.2) is 5.82 Å². The fraction of sp³-hybridized carbons (Fsp3) is 0.143. The van der Waals surface area contributed by atoms with Crippen molar-refractivity contribution in [1.29, 1.82) is 0 Å². The van der Waals surface area contributed by atoms with Gasteiger partial charge >= 0.3 is 5.97 Å². The predicted octanol–water partition coefficient (Wildman–Crippen LogP) is 2.65. The fourth-order valence-electron chi connectivity index (χ4n) is 1.89. The number of hydrogen-bond donors (Lipinski definition) is 2. The minimum Gasteiger partial charge on any atom is -0.478 e. The lowest BCUT2D eigenvalue weighted by molar-refractivity contribution is 0.0696. The van der Waals surface area contributed by atoms with E-state index in [0.29, 0.717) is 23.1 Å². The van der Waals surface area contributed by atoms with E-state index >= 15 is 0 Å². The molecule has 1 aromatic heterocycles. The number of anilines is 2. The highest BCUT2D eigenvalue weighted by Crippen LogP contribution is 2.22. The fourth-order valence-corrected chi connectivity index (χ4v) is 2.11. The molecule has 0 aliphatic carbocycles. The Morgan fingerprint density at radius 2 is 2.20 bits per heavy atom. The first-order valence-corrected chi connectivity index (χ1v) is 6.29. The molecule has 5 nitrogen and oxygen atoms in total. The molecule has 0 aliphatic heterocycles. The van der Waals surface area contributed by atoms with Crippen molar-refractivity contribution in [1.82, 2.24) is 4.98 Å². The van der Waals surface area contributed by atoms with Crippen LogP contribution in [0.15, 0.2) is 36.5 Å². The van der Waals surface area contributed by atoms with Gasteiger partial charge in [-0.2, -0.15) is 0 Å². The number of hydrogen-bond acceptors (Lipinski definition) is 4. The Labute approximate surface area is 121 Å². The summed E-state index contributed by atoms with van der Waals surface area (Å²) >= 11 is 5.94. The lowest BCUT2D eigenvalue weighted by atomic mass is 10.2. The molecule has 104 valence electrons. The van der Waals surface area contributed by atoms with Gasteiger partial charge in [-0.25, -0.2) is 9.78 Å². The van der Waals surface area contributed by atoms with Gasteiger partial charge in [-0.05, 0) is 23.8 Å². The zero-order chi connectivity index (χ0) is 14.7. The minimum absolute atomic E-state index is 0.0717. The molecule has 0 radical (unpaired) electrons. The van der Waals surface area contributed by atoms with Crippen LogP contribution in [0.1, 0.15) is 15.9 Å². The molecule has 2 rings (SSSR count). The number of nitrogens with zero attached hydrogens (tertiary/aromatic N) is 2. The summed E-state index contributed by atoms with van der Waals surface area (Å²) < 4.78 is 0.